The van der Waals surface area contributed by atoms with Gasteiger partial charge in [0.1, 0.15) is 5.76 Å². The van der Waals surface area contributed by atoms with E-state index in [1.807, 2.05) is 49.0 Å². The van der Waals surface area contributed by atoms with Crippen molar-refractivity contribution in [3.63, 3.8) is 0 Å². The SMILES string of the molecule is Cc1occc1-c1nnc(SCCc2ccccn2)n1C. The average Bonchev–Trinajstić information content (AvgIpc) is 3.07. The van der Waals surface area contributed by atoms with Gasteiger partial charge in [0.15, 0.2) is 11.0 Å². The van der Waals surface area contributed by atoms with Gasteiger partial charge in [-0.3, -0.25) is 4.98 Å². The van der Waals surface area contributed by atoms with Crippen LogP contribution in [-0.2, 0) is 13.5 Å². The molecule has 0 atom stereocenters. The molecule has 0 fully saturated rings. The van der Waals surface area contributed by atoms with Gasteiger partial charge < -0.3 is 8.98 Å². The molecule has 3 heterocycles. The summed E-state index contributed by atoms with van der Waals surface area (Å²) in [6, 6.07) is 7.90. The molecular formula is C15H16N4OS. The molecule has 0 saturated carbocycles. The van der Waals surface area contributed by atoms with Crippen molar-refractivity contribution in [3.05, 3.63) is 48.2 Å². The Hall–Kier alpha value is -2.08. The maximum Gasteiger partial charge on any atom is 0.191 e. The number of nitrogens with zero attached hydrogens (tertiary/aromatic N) is 4. The molecule has 0 N–H and O–H groups in total. The number of furan rings is 1. The second-order valence-electron chi connectivity index (χ2n) is 4.68. The molecule has 3 rings (SSSR count). The number of hydrogen-bond donors (Lipinski definition) is 0. The smallest absolute Gasteiger partial charge is 0.191 e. The maximum absolute atomic E-state index is 5.33. The molecule has 0 bridgehead atoms. The Morgan fingerprint density at radius 3 is 2.86 bits per heavy atom. The summed E-state index contributed by atoms with van der Waals surface area (Å²) in [7, 11) is 1.98. The van der Waals surface area contributed by atoms with E-state index in [0.717, 1.165) is 40.2 Å². The Balaban J connectivity index is 1.67. The molecule has 0 radical (unpaired) electrons. The molecule has 0 spiro atoms. The zero-order valence-electron chi connectivity index (χ0n) is 12.0. The topological polar surface area (TPSA) is 56.7 Å². The van der Waals surface area contributed by atoms with E-state index in [2.05, 4.69) is 15.2 Å². The fraction of sp³-hybridized carbons (Fsp3) is 0.267. The molecule has 3 aromatic heterocycles. The van der Waals surface area contributed by atoms with Crippen LogP contribution in [0.3, 0.4) is 0 Å². The Bertz CT molecular complexity index is 720. The summed E-state index contributed by atoms with van der Waals surface area (Å²) in [5.74, 6) is 2.62. The first-order valence-electron chi connectivity index (χ1n) is 6.72. The summed E-state index contributed by atoms with van der Waals surface area (Å²) in [6.07, 6.45) is 4.41. The van der Waals surface area contributed by atoms with Gasteiger partial charge >= 0.3 is 0 Å². The lowest BCUT2D eigenvalue weighted by Crippen LogP contribution is -1.97. The Morgan fingerprint density at radius 1 is 1.24 bits per heavy atom. The van der Waals surface area contributed by atoms with Crippen molar-refractivity contribution in [1.82, 2.24) is 19.7 Å². The van der Waals surface area contributed by atoms with E-state index in [9.17, 15) is 0 Å². The number of pyridine rings is 1. The van der Waals surface area contributed by atoms with Gasteiger partial charge in [-0.1, -0.05) is 17.8 Å². The summed E-state index contributed by atoms with van der Waals surface area (Å²) >= 11 is 1.68. The molecule has 0 aliphatic heterocycles. The summed E-state index contributed by atoms with van der Waals surface area (Å²) in [4.78, 5) is 4.32. The van der Waals surface area contributed by atoms with Crippen LogP contribution in [0.1, 0.15) is 11.5 Å². The normalized spacial score (nSPS) is 11.0. The largest absolute Gasteiger partial charge is 0.469 e. The van der Waals surface area contributed by atoms with Crippen LogP contribution < -0.4 is 0 Å². The van der Waals surface area contributed by atoms with E-state index in [1.165, 1.54) is 0 Å². The number of thioether (sulfide) groups is 1. The molecule has 6 heteroatoms. The minimum absolute atomic E-state index is 0.835. The van der Waals surface area contributed by atoms with Crippen LogP contribution in [0, 0.1) is 6.92 Å². The minimum Gasteiger partial charge on any atom is -0.469 e. The van der Waals surface area contributed by atoms with E-state index >= 15 is 0 Å². The fourth-order valence-electron chi connectivity index (χ4n) is 2.08. The van der Waals surface area contributed by atoms with Crippen LogP contribution in [0.4, 0.5) is 0 Å². The maximum atomic E-state index is 5.33. The highest BCUT2D eigenvalue weighted by molar-refractivity contribution is 7.99. The average molecular weight is 300 g/mol. The number of rotatable bonds is 5. The highest BCUT2D eigenvalue weighted by Gasteiger charge is 2.14. The first-order valence-corrected chi connectivity index (χ1v) is 7.71. The third-order valence-corrected chi connectivity index (χ3v) is 4.27. The third kappa shape index (κ3) is 3.00. The number of hydrogen-bond acceptors (Lipinski definition) is 5. The second kappa shape index (κ2) is 6.13. The molecule has 0 aliphatic rings. The molecule has 0 aliphatic carbocycles. The fourth-order valence-corrected chi connectivity index (χ4v) is 2.96. The standard InChI is InChI=1S/C15H16N4OS/c1-11-13(6-9-20-11)14-17-18-15(19(14)2)21-10-7-12-5-3-4-8-16-12/h3-6,8-9H,7,10H2,1-2H3. The Labute approximate surface area is 127 Å². The van der Waals surface area contributed by atoms with Crippen LogP contribution in [-0.4, -0.2) is 25.5 Å². The highest BCUT2D eigenvalue weighted by atomic mass is 32.2. The molecule has 5 nitrogen and oxygen atoms in total. The molecule has 0 unspecified atom stereocenters. The molecule has 0 amide bonds. The summed E-state index contributed by atoms with van der Waals surface area (Å²) < 4.78 is 7.33. The van der Waals surface area contributed by atoms with Crippen molar-refractivity contribution in [3.8, 4) is 11.4 Å². The zero-order valence-corrected chi connectivity index (χ0v) is 12.8. The zero-order chi connectivity index (χ0) is 14.7. The lowest BCUT2D eigenvalue weighted by atomic mass is 10.2. The van der Waals surface area contributed by atoms with Crippen molar-refractivity contribution >= 4 is 11.8 Å². The first-order chi connectivity index (χ1) is 10.3. The Kier molecular flexibility index (Phi) is 4.06. The van der Waals surface area contributed by atoms with Gasteiger partial charge in [-0.2, -0.15) is 0 Å². The van der Waals surface area contributed by atoms with Crippen molar-refractivity contribution in [1.29, 1.82) is 0 Å². The molecule has 3 aromatic rings. The van der Waals surface area contributed by atoms with Gasteiger partial charge in [0, 0.05) is 24.7 Å². The van der Waals surface area contributed by atoms with E-state index < -0.39 is 0 Å². The van der Waals surface area contributed by atoms with Crippen LogP contribution >= 0.6 is 11.8 Å². The molecule has 21 heavy (non-hydrogen) atoms. The minimum atomic E-state index is 0.835. The van der Waals surface area contributed by atoms with Crippen LogP contribution in [0.5, 0.6) is 0 Å². The predicted molar refractivity (Wildman–Crippen MR) is 82.1 cm³/mol. The van der Waals surface area contributed by atoms with E-state index in [0.29, 0.717) is 0 Å². The van der Waals surface area contributed by atoms with Crippen molar-refractivity contribution in [2.75, 3.05) is 5.75 Å². The second-order valence-corrected chi connectivity index (χ2v) is 5.74. The number of aryl methyl sites for hydroxylation is 2. The summed E-state index contributed by atoms with van der Waals surface area (Å²) in [6.45, 7) is 1.93. The lowest BCUT2D eigenvalue weighted by molar-refractivity contribution is 0.534. The predicted octanol–water partition coefficient (Wildman–Crippen LogP) is 3.11. The molecular weight excluding hydrogens is 284 g/mol. The Morgan fingerprint density at radius 2 is 2.14 bits per heavy atom. The van der Waals surface area contributed by atoms with Gasteiger partial charge in [-0.25, -0.2) is 0 Å². The van der Waals surface area contributed by atoms with Crippen molar-refractivity contribution in [2.45, 2.75) is 18.5 Å². The van der Waals surface area contributed by atoms with Gasteiger partial charge in [-0.05, 0) is 31.5 Å². The van der Waals surface area contributed by atoms with E-state index in [-0.39, 0.29) is 0 Å². The van der Waals surface area contributed by atoms with Gasteiger partial charge in [0.25, 0.3) is 0 Å². The van der Waals surface area contributed by atoms with E-state index in [4.69, 9.17) is 4.42 Å². The van der Waals surface area contributed by atoms with Crippen LogP contribution in [0.2, 0.25) is 0 Å². The molecule has 108 valence electrons. The van der Waals surface area contributed by atoms with Crippen molar-refractivity contribution < 1.29 is 4.42 Å². The first kappa shape index (κ1) is 13.9. The summed E-state index contributed by atoms with van der Waals surface area (Å²) in [5, 5.41) is 9.42. The van der Waals surface area contributed by atoms with Crippen LogP contribution in [0.25, 0.3) is 11.4 Å². The quantitative estimate of drug-likeness (QED) is 0.678. The highest BCUT2D eigenvalue weighted by Crippen LogP contribution is 2.25. The summed E-state index contributed by atoms with van der Waals surface area (Å²) in [5.41, 5.74) is 2.08. The monoisotopic (exact) mass is 300 g/mol. The molecule has 0 aromatic carbocycles. The van der Waals surface area contributed by atoms with Crippen molar-refractivity contribution in [2.24, 2.45) is 7.05 Å². The van der Waals surface area contributed by atoms with Gasteiger partial charge in [0.2, 0.25) is 0 Å². The van der Waals surface area contributed by atoms with Crippen LogP contribution in [0.15, 0.2) is 46.3 Å². The number of aromatic nitrogens is 4. The molecule has 0 saturated heterocycles. The van der Waals surface area contributed by atoms with E-state index in [1.54, 1.807) is 18.0 Å². The van der Waals surface area contributed by atoms with Gasteiger partial charge in [-0.15, -0.1) is 10.2 Å². The van der Waals surface area contributed by atoms with Gasteiger partial charge in [0.05, 0.1) is 11.8 Å². The third-order valence-electron chi connectivity index (χ3n) is 3.25. The lowest BCUT2D eigenvalue weighted by Gasteiger charge is -2.03.